The number of benzene rings is 1. The molecule has 2 aliphatic rings. The van der Waals surface area contributed by atoms with Gasteiger partial charge in [0.15, 0.2) is 0 Å². The highest BCUT2D eigenvalue weighted by Gasteiger charge is 2.23. The highest BCUT2D eigenvalue weighted by atomic mass is 35.5. The Bertz CT molecular complexity index is 873. The molecule has 1 atom stereocenters. The molecular weight excluding hydrogens is 382 g/mol. The Morgan fingerprint density at radius 1 is 1.30 bits per heavy atom. The predicted molar refractivity (Wildman–Crippen MR) is 113 cm³/mol. The maximum atomic E-state index is 12.1. The number of fused-ring (bicyclic) bond motifs is 1. The van der Waals surface area contributed by atoms with Crippen molar-refractivity contribution in [3.63, 3.8) is 0 Å². The molecule has 5 nitrogen and oxygen atoms in total. The third-order valence-corrected chi connectivity index (χ3v) is 6.57. The molecule has 1 aliphatic carbocycles. The summed E-state index contributed by atoms with van der Waals surface area (Å²) in [6.45, 7) is 0. The number of thioether (sulfide) groups is 1. The van der Waals surface area contributed by atoms with E-state index in [2.05, 4.69) is 4.98 Å². The molecule has 0 bridgehead atoms. The van der Waals surface area contributed by atoms with Crippen molar-refractivity contribution in [2.24, 2.45) is 4.99 Å². The molecule has 3 N–H and O–H groups in total. The summed E-state index contributed by atoms with van der Waals surface area (Å²) in [6.07, 6.45) is 6.94. The summed E-state index contributed by atoms with van der Waals surface area (Å²) in [6, 6.07) is 5.82. The molecular formula is C20H24ClN3O2S. The smallest absolute Gasteiger partial charge is 0.306 e. The highest BCUT2D eigenvalue weighted by molar-refractivity contribution is 8.14. The lowest BCUT2D eigenvalue weighted by Crippen LogP contribution is -2.21. The number of rotatable bonds is 5. The van der Waals surface area contributed by atoms with Gasteiger partial charge in [0, 0.05) is 22.6 Å². The van der Waals surface area contributed by atoms with Crippen LogP contribution >= 0.6 is 23.4 Å². The first kappa shape index (κ1) is 18.7. The maximum Gasteiger partial charge on any atom is 0.306 e. The summed E-state index contributed by atoms with van der Waals surface area (Å²) < 4.78 is 5.60. The number of nitrogen functional groups attached to an aromatic ring is 1. The number of aliphatic imine (C=N–C) groups is 1. The number of nitrogens with one attached hydrogen (secondary N) is 1. The van der Waals surface area contributed by atoms with E-state index in [1.807, 2.05) is 12.1 Å². The van der Waals surface area contributed by atoms with Crippen molar-refractivity contribution >= 4 is 51.0 Å². The Balaban J connectivity index is 1.35. The first-order chi connectivity index (χ1) is 13.1. The van der Waals surface area contributed by atoms with Crippen molar-refractivity contribution in [3.05, 3.63) is 28.9 Å². The minimum atomic E-state index is -0.0800. The standard InChI is InChI=1S/C20H24ClN3O2S/c21-13-8-12-9-17(24-19(12)16(22)10-13)20-23-14(11-27-20)6-7-18(25)26-15-4-2-1-3-5-15/h8-10,14-15,24H,1-7,11,22H2. The van der Waals surface area contributed by atoms with Gasteiger partial charge in [0.1, 0.15) is 11.1 Å². The second-order valence-corrected chi connectivity index (χ2v) is 8.78. The Morgan fingerprint density at radius 2 is 2.11 bits per heavy atom. The zero-order chi connectivity index (χ0) is 18.8. The summed E-state index contributed by atoms with van der Waals surface area (Å²) >= 11 is 7.79. The van der Waals surface area contributed by atoms with E-state index in [1.54, 1.807) is 17.8 Å². The van der Waals surface area contributed by atoms with Crippen LogP contribution in [-0.4, -0.2) is 33.9 Å². The lowest BCUT2D eigenvalue weighted by Gasteiger charge is -2.21. The monoisotopic (exact) mass is 405 g/mol. The summed E-state index contributed by atoms with van der Waals surface area (Å²) in [7, 11) is 0. The molecule has 1 aromatic carbocycles. The summed E-state index contributed by atoms with van der Waals surface area (Å²) in [5.74, 6) is 0.807. The fourth-order valence-electron chi connectivity index (χ4n) is 3.77. The molecule has 144 valence electrons. The fraction of sp³-hybridized carbons (Fsp3) is 0.500. The number of nitrogens with two attached hydrogens (primary N) is 1. The second-order valence-electron chi connectivity index (χ2n) is 7.33. The van der Waals surface area contributed by atoms with Crippen molar-refractivity contribution in [2.75, 3.05) is 11.5 Å². The largest absolute Gasteiger partial charge is 0.462 e. The molecule has 27 heavy (non-hydrogen) atoms. The molecule has 0 radical (unpaired) electrons. The molecule has 0 saturated heterocycles. The molecule has 1 aliphatic heterocycles. The number of anilines is 1. The number of carbonyl (C=O) groups excluding carboxylic acids is 1. The number of hydrogen-bond donors (Lipinski definition) is 2. The van der Waals surface area contributed by atoms with E-state index < -0.39 is 0 Å². The van der Waals surface area contributed by atoms with E-state index in [1.165, 1.54) is 19.3 Å². The van der Waals surface area contributed by atoms with E-state index in [4.69, 9.17) is 27.1 Å². The number of esters is 1. The van der Waals surface area contributed by atoms with Crippen LogP contribution in [-0.2, 0) is 9.53 Å². The van der Waals surface area contributed by atoms with Crippen LogP contribution in [0.15, 0.2) is 23.2 Å². The molecule has 1 unspecified atom stereocenters. The molecule has 4 rings (SSSR count). The van der Waals surface area contributed by atoms with Crippen LogP contribution in [0, 0.1) is 0 Å². The molecule has 1 fully saturated rings. The highest BCUT2D eigenvalue weighted by Crippen LogP contribution is 2.31. The number of halogens is 1. The van der Waals surface area contributed by atoms with Crippen LogP contribution in [0.3, 0.4) is 0 Å². The van der Waals surface area contributed by atoms with Crippen molar-refractivity contribution in [1.82, 2.24) is 4.98 Å². The van der Waals surface area contributed by atoms with Crippen LogP contribution in [0.5, 0.6) is 0 Å². The number of aromatic nitrogens is 1. The van der Waals surface area contributed by atoms with Gasteiger partial charge in [-0.2, -0.15) is 0 Å². The number of H-pyrrole nitrogens is 1. The fourth-order valence-corrected chi connectivity index (χ4v) is 5.09. The Morgan fingerprint density at radius 3 is 2.93 bits per heavy atom. The Kier molecular flexibility index (Phi) is 5.64. The van der Waals surface area contributed by atoms with Gasteiger partial charge in [-0.1, -0.05) is 18.0 Å². The lowest BCUT2D eigenvalue weighted by atomic mass is 9.98. The molecule has 1 saturated carbocycles. The summed E-state index contributed by atoms with van der Waals surface area (Å²) in [5, 5.41) is 2.58. The van der Waals surface area contributed by atoms with Crippen molar-refractivity contribution in [2.45, 2.75) is 57.1 Å². The van der Waals surface area contributed by atoms with Gasteiger partial charge in [0.25, 0.3) is 0 Å². The van der Waals surface area contributed by atoms with Crippen LogP contribution in [0.4, 0.5) is 5.69 Å². The van der Waals surface area contributed by atoms with E-state index in [0.717, 1.165) is 46.7 Å². The van der Waals surface area contributed by atoms with Gasteiger partial charge < -0.3 is 15.5 Å². The van der Waals surface area contributed by atoms with Crippen LogP contribution in [0.1, 0.15) is 50.6 Å². The van der Waals surface area contributed by atoms with Gasteiger partial charge in [0.2, 0.25) is 0 Å². The molecule has 0 spiro atoms. The first-order valence-electron chi connectivity index (χ1n) is 9.56. The number of ether oxygens (including phenoxy) is 1. The minimum Gasteiger partial charge on any atom is -0.462 e. The quantitative estimate of drug-likeness (QED) is 0.546. The van der Waals surface area contributed by atoms with Crippen LogP contribution in [0.2, 0.25) is 5.02 Å². The van der Waals surface area contributed by atoms with Crippen molar-refractivity contribution in [1.29, 1.82) is 0 Å². The summed E-state index contributed by atoms with van der Waals surface area (Å²) in [4.78, 5) is 20.2. The van der Waals surface area contributed by atoms with E-state index in [0.29, 0.717) is 17.1 Å². The number of hydrogen-bond acceptors (Lipinski definition) is 5. The average Bonchev–Trinajstić information content (AvgIpc) is 3.27. The van der Waals surface area contributed by atoms with E-state index in [9.17, 15) is 4.79 Å². The van der Waals surface area contributed by atoms with E-state index >= 15 is 0 Å². The van der Waals surface area contributed by atoms with Crippen molar-refractivity contribution < 1.29 is 9.53 Å². The topological polar surface area (TPSA) is 80.5 Å². The Labute approximate surface area is 168 Å². The maximum absolute atomic E-state index is 12.1. The third kappa shape index (κ3) is 4.43. The molecule has 7 heteroatoms. The zero-order valence-corrected chi connectivity index (χ0v) is 16.7. The molecule has 2 heterocycles. The minimum absolute atomic E-state index is 0.0800. The van der Waals surface area contributed by atoms with Gasteiger partial charge in [0.05, 0.1) is 22.9 Å². The summed E-state index contributed by atoms with van der Waals surface area (Å²) in [5.41, 5.74) is 8.52. The number of nitrogens with zero attached hydrogens (tertiary/aromatic N) is 1. The molecule has 2 aromatic rings. The molecule has 0 amide bonds. The predicted octanol–water partition coefficient (Wildman–Crippen LogP) is 4.92. The van der Waals surface area contributed by atoms with Gasteiger partial charge in [-0.05, 0) is 50.3 Å². The Hall–Kier alpha value is -1.66. The second kappa shape index (κ2) is 8.15. The third-order valence-electron chi connectivity index (χ3n) is 5.20. The molecule has 1 aromatic heterocycles. The van der Waals surface area contributed by atoms with E-state index in [-0.39, 0.29) is 18.1 Å². The van der Waals surface area contributed by atoms with Gasteiger partial charge >= 0.3 is 5.97 Å². The van der Waals surface area contributed by atoms with Gasteiger partial charge in [-0.25, -0.2) is 0 Å². The number of aromatic amines is 1. The van der Waals surface area contributed by atoms with Gasteiger partial charge in [-0.15, -0.1) is 11.8 Å². The first-order valence-corrected chi connectivity index (χ1v) is 10.9. The van der Waals surface area contributed by atoms with Crippen LogP contribution in [0.25, 0.3) is 10.9 Å². The lowest BCUT2D eigenvalue weighted by molar-refractivity contribution is -0.150. The number of carbonyl (C=O) groups is 1. The van der Waals surface area contributed by atoms with Gasteiger partial charge in [-0.3, -0.25) is 9.79 Å². The normalized spacial score (nSPS) is 20.8. The van der Waals surface area contributed by atoms with Crippen molar-refractivity contribution in [3.8, 4) is 0 Å². The van der Waals surface area contributed by atoms with Crippen LogP contribution < -0.4 is 5.73 Å². The SMILES string of the molecule is Nc1cc(Cl)cc2cc(C3=NC(CCC(=O)OC4CCCCC4)CS3)[nH]c12. The average molecular weight is 406 g/mol. The zero-order valence-electron chi connectivity index (χ0n) is 15.2.